The standard InChI is InChI=1S/C21H16N4/c1-2-7-21-20(6-1)23-15-19(25-21)13-12-18-11-10-17(24-18)9-8-16-5-3-4-14-22-16/h1-15,24H/b9-8+,13-12+. The first-order valence-electron chi connectivity index (χ1n) is 8.05. The van der Waals surface area contributed by atoms with Gasteiger partial charge in [0.1, 0.15) is 0 Å². The van der Waals surface area contributed by atoms with E-state index in [2.05, 4.69) is 19.9 Å². The van der Waals surface area contributed by atoms with Crippen molar-refractivity contribution in [1.82, 2.24) is 19.9 Å². The summed E-state index contributed by atoms with van der Waals surface area (Å²) < 4.78 is 0. The van der Waals surface area contributed by atoms with Crippen molar-refractivity contribution < 1.29 is 0 Å². The van der Waals surface area contributed by atoms with Crippen molar-refractivity contribution in [3.63, 3.8) is 0 Å². The number of para-hydroxylation sites is 2. The average molecular weight is 324 g/mol. The van der Waals surface area contributed by atoms with Crippen LogP contribution in [0.15, 0.2) is 67.0 Å². The Morgan fingerprint density at radius 1 is 0.640 bits per heavy atom. The number of pyridine rings is 1. The lowest BCUT2D eigenvalue weighted by molar-refractivity contribution is 1.27. The zero-order chi connectivity index (χ0) is 16.9. The van der Waals surface area contributed by atoms with Gasteiger partial charge in [-0.05, 0) is 60.7 Å². The fourth-order valence-electron chi connectivity index (χ4n) is 2.50. The molecule has 0 fully saturated rings. The van der Waals surface area contributed by atoms with E-state index in [0.717, 1.165) is 33.8 Å². The molecule has 0 saturated carbocycles. The van der Waals surface area contributed by atoms with Crippen LogP contribution < -0.4 is 0 Å². The Labute approximate surface area is 145 Å². The van der Waals surface area contributed by atoms with Crippen LogP contribution in [0.3, 0.4) is 0 Å². The number of hydrogen-bond donors (Lipinski definition) is 1. The van der Waals surface area contributed by atoms with Gasteiger partial charge in [-0.15, -0.1) is 0 Å². The Morgan fingerprint density at radius 3 is 2.12 bits per heavy atom. The Morgan fingerprint density at radius 2 is 1.36 bits per heavy atom. The summed E-state index contributed by atoms with van der Waals surface area (Å²) in [4.78, 5) is 16.6. The molecule has 0 atom stereocenters. The quantitative estimate of drug-likeness (QED) is 0.592. The first kappa shape index (κ1) is 15.0. The molecular weight excluding hydrogens is 308 g/mol. The molecule has 0 saturated heterocycles. The van der Waals surface area contributed by atoms with Gasteiger partial charge in [0.2, 0.25) is 0 Å². The van der Waals surface area contributed by atoms with E-state index < -0.39 is 0 Å². The molecule has 25 heavy (non-hydrogen) atoms. The first-order chi connectivity index (χ1) is 12.4. The van der Waals surface area contributed by atoms with E-state index in [1.165, 1.54) is 0 Å². The van der Waals surface area contributed by atoms with Crippen LogP contribution in [0, 0.1) is 0 Å². The highest BCUT2D eigenvalue weighted by atomic mass is 14.8. The summed E-state index contributed by atoms with van der Waals surface area (Å²) in [7, 11) is 0. The fraction of sp³-hybridized carbons (Fsp3) is 0. The van der Waals surface area contributed by atoms with Crippen LogP contribution in [0.2, 0.25) is 0 Å². The molecule has 4 aromatic rings. The molecule has 0 aliphatic rings. The maximum absolute atomic E-state index is 4.59. The molecule has 0 unspecified atom stereocenters. The third-order valence-electron chi connectivity index (χ3n) is 3.75. The fourth-order valence-corrected chi connectivity index (χ4v) is 2.50. The minimum absolute atomic E-state index is 0.832. The van der Waals surface area contributed by atoms with E-state index in [1.807, 2.05) is 78.9 Å². The van der Waals surface area contributed by atoms with Gasteiger partial charge < -0.3 is 4.98 Å². The van der Waals surface area contributed by atoms with Crippen molar-refractivity contribution in [3.8, 4) is 0 Å². The molecule has 0 radical (unpaired) electrons. The molecular formula is C21H16N4. The Hall–Kier alpha value is -3.53. The van der Waals surface area contributed by atoms with Gasteiger partial charge in [0.15, 0.2) is 0 Å². The second kappa shape index (κ2) is 6.93. The van der Waals surface area contributed by atoms with E-state index in [1.54, 1.807) is 12.4 Å². The van der Waals surface area contributed by atoms with E-state index >= 15 is 0 Å². The first-order valence-corrected chi connectivity index (χ1v) is 8.05. The monoisotopic (exact) mass is 324 g/mol. The van der Waals surface area contributed by atoms with Crippen LogP contribution in [0.5, 0.6) is 0 Å². The number of nitrogens with zero attached hydrogens (tertiary/aromatic N) is 3. The lowest BCUT2D eigenvalue weighted by Gasteiger charge is -1.97. The summed E-state index contributed by atoms with van der Waals surface area (Å²) in [6, 6.07) is 17.8. The van der Waals surface area contributed by atoms with E-state index in [4.69, 9.17) is 0 Å². The normalized spacial score (nSPS) is 11.7. The summed E-state index contributed by atoms with van der Waals surface area (Å²) in [6.07, 6.45) is 11.5. The predicted octanol–water partition coefficient (Wildman–Crippen LogP) is 4.69. The van der Waals surface area contributed by atoms with Crippen molar-refractivity contribution in [2.45, 2.75) is 0 Å². The SMILES string of the molecule is C(=C\c1ccc(/C=C/c2cnc3ccccc3n2)[nH]1)/c1ccccn1. The zero-order valence-electron chi connectivity index (χ0n) is 13.5. The maximum Gasteiger partial charge on any atom is 0.0894 e. The second-order valence-corrected chi connectivity index (χ2v) is 5.57. The van der Waals surface area contributed by atoms with Crippen LogP contribution in [0.4, 0.5) is 0 Å². The van der Waals surface area contributed by atoms with Gasteiger partial charge in [-0.2, -0.15) is 0 Å². The van der Waals surface area contributed by atoms with Crippen molar-refractivity contribution in [3.05, 3.63) is 89.8 Å². The Bertz CT molecular complexity index is 1050. The molecule has 120 valence electrons. The number of rotatable bonds is 4. The third-order valence-corrected chi connectivity index (χ3v) is 3.75. The van der Waals surface area contributed by atoms with Crippen LogP contribution in [-0.2, 0) is 0 Å². The van der Waals surface area contributed by atoms with Gasteiger partial charge in [0.25, 0.3) is 0 Å². The number of aromatic nitrogens is 4. The number of H-pyrrole nitrogens is 1. The van der Waals surface area contributed by atoms with Crippen LogP contribution in [0.1, 0.15) is 22.8 Å². The minimum Gasteiger partial charge on any atom is -0.356 e. The van der Waals surface area contributed by atoms with Gasteiger partial charge in [0, 0.05) is 17.6 Å². The molecule has 0 amide bonds. The third kappa shape index (κ3) is 3.70. The number of fused-ring (bicyclic) bond motifs is 1. The van der Waals surface area contributed by atoms with Gasteiger partial charge >= 0.3 is 0 Å². The zero-order valence-corrected chi connectivity index (χ0v) is 13.5. The molecule has 3 heterocycles. The van der Waals surface area contributed by atoms with Gasteiger partial charge in [-0.25, -0.2) is 4.98 Å². The summed E-state index contributed by atoms with van der Waals surface area (Å²) in [5.41, 5.74) is 5.60. The summed E-state index contributed by atoms with van der Waals surface area (Å²) >= 11 is 0. The average Bonchev–Trinajstić information content (AvgIpc) is 3.13. The lowest BCUT2D eigenvalue weighted by atomic mass is 10.3. The molecule has 0 bridgehead atoms. The van der Waals surface area contributed by atoms with E-state index in [0.29, 0.717) is 0 Å². The molecule has 0 aliphatic carbocycles. The summed E-state index contributed by atoms with van der Waals surface area (Å²) in [5, 5.41) is 0. The minimum atomic E-state index is 0.832. The smallest absolute Gasteiger partial charge is 0.0894 e. The molecule has 1 N–H and O–H groups in total. The Kier molecular flexibility index (Phi) is 4.16. The van der Waals surface area contributed by atoms with Crippen molar-refractivity contribution in [2.75, 3.05) is 0 Å². The molecule has 0 aliphatic heterocycles. The molecule has 0 spiro atoms. The topological polar surface area (TPSA) is 54.5 Å². The second-order valence-electron chi connectivity index (χ2n) is 5.57. The molecule has 1 aromatic carbocycles. The van der Waals surface area contributed by atoms with Crippen molar-refractivity contribution in [2.24, 2.45) is 0 Å². The molecule has 4 nitrogen and oxygen atoms in total. The van der Waals surface area contributed by atoms with Crippen LogP contribution >= 0.6 is 0 Å². The number of nitrogens with one attached hydrogen (secondary N) is 1. The maximum atomic E-state index is 4.59. The lowest BCUT2D eigenvalue weighted by Crippen LogP contribution is -1.86. The van der Waals surface area contributed by atoms with Gasteiger partial charge in [-0.3, -0.25) is 9.97 Å². The summed E-state index contributed by atoms with van der Waals surface area (Å²) in [5.74, 6) is 0. The highest BCUT2D eigenvalue weighted by Crippen LogP contribution is 2.12. The Balaban J connectivity index is 1.50. The summed E-state index contributed by atoms with van der Waals surface area (Å²) in [6.45, 7) is 0. The largest absolute Gasteiger partial charge is 0.356 e. The number of aromatic amines is 1. The highest BCUT2D eigenvalue weighted by Gasteiger charge is 1.97. The molecule has 4 rings (SSSR count). The van der Waals surface area contributed by atoms with E-state index in [-0.39, 0.29) is 0 Å². The van der Waals surface area contributed by atoms with Crippen molar-refractivity contribution >= 4 is 35.3 Å². The molecule has 3 aromatic heterocycles. The van der Waals surface area contributed by atoms with Crippen molar-refractivity contribution in [1.29, 1.82) is 0 Å². The van der Waals surface area contributed by atoms with Crippen LogP contribution in [-0.4, -0.2) is 19.9 Å². The van der Waals surface area contributed by atoms with E-state index in [9.17, 15) is 0 Å². The number of hydrogen-bond acceptors (Lipinski definition) is 3. The van der Waals surface area contributed by atoms with Gasteiger partial charge in [0.05, 0.1) is 28.6 Å². The number of benzene rings is 1. The highest BCUT2D eigenvalue weighted by molar-refractivity contribution is 5.76. The molecule has 4 heteroatoms. The van der Waals surface area contributed by atoms with Crippen LogP contribution in [0.25, 0.3) is 35.3 Å². The predicted molar refractivity (Wildman–Crippen MR) is 102 cm³/mol. The van der Waals surface area contributed by atoms with Gasteiger partial charge in [-0.1, -0.05) is 18.2 Å².